The summed E-state index contributed by atoms with van der Waals surface area (Å²) in [6.45, 7) is 6.64. The largest absolute Gasteiger partial charge is 0.356 e. The van der Waals surface area contributed by atoms with E-state index >= 15 is 0 Å². The van der Waals surface area contributed by atoms with E-state index in [1.54, 1.807) is 0 Å². The Kier molecular flexibility index (Phi) is 8.02. The second-order valence-electron chi connectivity index (χ2n) is 3.61. The third-order valence-corrected chi connectivity index (χ3v) is 1.85. The van der Waals surface area contributed by atoms with E-state index in [-0.39, 0.29) is 11.8 Å². The molecule has 2 heteroatoms. The standard InChI is InChI=1S/C12H21NO/c1-4-5-6-7-8-9-10-13-12(14)11(2)3/h11H,4,7-10H2,1-3H3,(H,13,14). The number of unbranched alkanes of at least 4 members (excludes halogenated alkanes) is 2. The summed E-state index contributed by atoms with van der Waals surface area (Å²) in [6.07, 6.45) is 3.98. The minimum Gasteiger partial charge on any atom is -0.356 e. The third kappa shape index (κ3) is 7.67. The number of rotatable bonds is 5. The fourth-order valence-corrected chi connectivity index (χ4v) is 0.967. The van der Waals surface area contributed by atoms with Gasteiger partial charge in [0.1, 0.15) is 0 Å². The van der Waals surface area contributed by atoms with E-state index in [4.69, 9.17) is 0 Å². The number of carbonyl (C=O) groups excluding carboxylic acids is 1. The van der Waals surface area contributed by atoms with E-state index in [1.165, 1.54) is 0 Å². The molecule has 0 spiro atoms. The summed E-state index contributed by atoms with van der Waals surface area (Å²) in [7, 11) is 0. The Labute approximate surface area is 87.5 Å². The summed E-state index contributed by atoms with van der Waals surface area (Å²) in [6, 6.07) is 0. The van der Waals surface area contributed by atoms with Crippen LogP contribution in [0.1, 0.15) is 46.5 Å². The topological polar surface area (TPSA) is 29.1 Å². The van der Waals surface area contributed by atoms with Crippen LogP contribution in [0.25, 0.3) is 0 Å². The Morgan fingerprint density at radius 2 is 2.00 bits per heavy atom. The number of amides is 1. The Morgan fingerprint density at radius 1 is 1.29 bits per heavy atom. The van der Waals surface area contributed by atoms with Crippen LogP contribution in [0, 0.1) is 17.8 Å². The van der Waals surface area contributed by atoms with Crippen LogP contribution in [0.4, 0.5) is 0 Å². The quantitative estimate of drug-likeness (QED) is 0.529. The van der Waals surface area contributed by atoms with E-state index in [0.29, 0.717) is 0 Å². The molecule has 0 aromatic rings. The van der Waals surface area contributed by atoms with Crippen molar-refractivity contribution < 1.29 is 4.79 Å². The highest BCUT2D eigenvalue weighted by Crippen LogP contribution is 1.94. The summed E-state index contributed by atoms with van der Waals surface area (Å²) < 4.78 is 0. The Balaban J connectivity index is 3.26. The lowest BCUT2D eigenvalue weighted by molar-refractivity contribution is -0.123. The number of nitrogens with one attached hydrogen (secondary N) is 1. The molecule has 0 aliphatic rings. The van der Waals surface area contributed by atoms with Crippen molar-refractivity contribution in [2.75, 3.05) is 6.54 Å². The molecule has 0 aromatic heterocycles. The minimum absolute atomic E-state index is 0.0925. The third-order valence-electron chi connectivity index (χ3n) is 1.85. The lowest BCUT2D eigenvalue weighted by Gasteiger charge is -2.06. The van der Waals surface area contributed by atoms with Crippen LogP contribution in [0.15, 0.2) is 0 Å². The summed E-state index contributed by atoms with van der Waals surface area (Å²) >= 11 is 0. The maximum absolute atomic E-state index is 11.1. The van der Waals surface area contributed by atoms with Crippen molar-refractivity contribution in [3.05, 3.63) is 0 Å². The summed E-state index contributed by atoms with van der Waals surface area (Å²) in [4.78, 5) is 11.1. The number of hydrogen-bond acceptors (Lipinski definition) is 1. The van der Waals surface area contributed by atoms with Crippen molar-refractivity contribution in [1.29, 1.82) is 0 Å². The predicted molar refractivity (Wildman–Crippen MR) is 59.8 cm³/mol. The van der Waals surface area contributed by atoms with Crippen molar-refractivity contribution in [2.24, 2.45) is 5.92 Å². The fraction of sp³-hybridized carbons (Fsp3) is 0.750. The highest BCUT2D eigenvalue weighted by atomic mass is 16.1. The van der Waals surface area contributed by atoms with Crippen LogP contribution in [0.3, 0.4) is 0 Å². The molecular formula is C12H21NO. The Bertz CT molecular complexity index is 210. The molecule has 0 atom stereocenters. The highest BCUT2D eigenvalue weighted by molar-refractivity contribution is 5.77. The lowest BCUT2D eigenvalue weighted by Crippen LogP contribution is -2.28. The second-order valence-corrected chi connectivity index (χ2v) is 3.61. The molecule has 0 saturated carbocycles. The van der Waals surface area contributed by atoms with E-state index in [9.17, 15) is 4.79 Å². The predicted octanol–water partition coefficient (Wildman–Crippen LogP) is 2.34. The van der Waals surface area contributed by atoms with Gasteiger partial charge < -0.3 is 5.32 Å². The van der Waals surface area contributed by atoms with Crippen molar-refractivity contribution >= 4 is 5.91 Å². The first-order valence-corrected chi connectivity index (χ1v) is 5.42. The van der Waals surface area contributed by atoms with Gasteiger partial charge in [0.25, 0.3) is 0 Å². The SMILES string of the molecule is CCC#CCCCCNC(=O)C(C)C. The molecule has 1 N–H and O–H groups in total. The van der Waals surface area contributed by atoms with E-state index in [0.717, 1.165) is 32.2 Å². The Hall–Kier alpha value is -0.970. The molecule has 0 unspecified atom stereocenters. The highest BCUT2D eigenvalue weighted by Gasteiger charge is 2.03. The zero-order valence-electron chi connectivity index (χ0n) is 9.52. The molecule has 0 bridgehead atoms. The normalized spacial score (nSPS) is 9.43. The zero-order chi connectivity index (χ0) is 10.8. The summed E-state index contributed by atoms with van der Waals surface area (Å²) in [5.41, 5.74) is 0. The average Bonchev–Trinajstić information content (AvgIpc) is 2.16. The van der Waals surface area contributed by atoms with Crippen molar-refractivity contribution in [2.45, 2.75) is 46.5 Å². The second kappa shape index (κ2) is 8.62. The van der Waals surface area contributed by atoms with Crippen LogP contribution in [-0.4, -0.2) is 12.5 Å². The molecule has 0 aromatic carbocycles. The molecule has 0 radical (unpaired) electrons. The van der Waals surface area contributed by atoms with Gasteiger partial charge in [-0.1, -0.05) is 20.8 Å². The van der Waals surface area contributed by atoms with Crippen LogP contribution >= 0.6 is 0 Å². The van der Waals surface area contributed by atoms with E-state index in [1.807, 2.05) is 13.8 Å². The lowest BCUT2D eigenvalue weighted by atomic mass is 10.2. The molecule has 0 aliphatic carbocycles. The minimum atomic E-state index is 0.0925. The summed E-state index contributed by atoms with van der Waals surface area (Å²) in [5, 5.41) is 2.89. The zero-order valence-corrected chi connectivity index (χ0v) is 9.52. The van der Waals surface area contributed by atoms with Crippen LogP contribution in [0.5, 0.6) is 0 Å². The van der Waals surface area contributed by atoms with Crippen molar-refractivity contribution in [3.8, 4) is 11.8 Å². The fourth-order valence-electron chi connectivity index (χ4n) is 0.967. The van der Waals surface area contributed by atoms with Crippen LogP contribution in [0.2, 0.25) is 0 Å². The molecular weight excluding hydrogens is 174 g/mol. The Morgan fingerprint density at radius 3 is 2.57 bits per heavy atom. The van der Waals surface area contributed by atoms with Gasteiger partial charge in [0, 0.05) is 25.3 Å². The summed E-state index contributed by atoms with van der Waals surface area (Å²) in [5.74, 6) is 6.35. The van der Waals surface area contributed by atoms with Gasteiger partial charge >= 0.3 is 0 Å². The van der Waals surface area contributed by atoms with Crippen LogP contribution < -0.4 is 5.32 Å². The van der Waals surface area contributed by atoms with Gasteiger partial charge in [-0.15, -0.1) is 11.8 Å². The molecule has 0 heterocycles. The first-order valence-electron chi connectivity index (χ1n) is 5.42. The maximum Gasteiger partial charge on any atom is 0.222 e. The van der Waals surface area contributed by atoms with E-state index < -0.39 is 0 Å². The van der Waals surface area contributed by atoms with Crippen molar-refractivity contribution in [3.63, 3.8) is 0 Å². The number of hydrogen-bond donors (Lipinski definition) is 1. The van der Waals surface area contributed by atoms with Gasteiger partial charge in [-0.3, -0.25) is 4.79 Å². The average molecular weight is 195 g/mol. The molecule has 0 rings (SSSR count). The van der Waals surface area contributed by atoms with Gasteiger partial charge in [0.05, 0.1) is 0 Å². The first kappa shape index (κ1) is 13.0. The molecule has 80 valence electrons. The molecule has 0 fully saturated rings. The molecule has 1 amide bonds. The van der Waals surface area contributed by atoms with Gasteiger partial charge in [0.15, 0.2) is 0 Å². The monoisotopic (exact) mass is 195 g/mol. The molecule has 2 nitrogen and oxygen atoms in total. The smallest absolute Gasteiger partial charge is 0.222 e. The molecule has 0 saturated heterocycles. The van der Waals surface area contributed by atoms with Gasteiger partial charge in [-0.05, 0) is 12.8 Å². The molecule has 14 heavy (non-hydrogen) atoms. The maximum atomic E-state index is 11.1. The number of carbonyl (C=O) groups is 1. The van der Waals surface area contributed by atoms with Crippen LogP contribution in [-0.2, 0) is 4.79 Å². The van der Waals surface area contributed by atoms with Gasteiger partial charge in [-0.2, -0.15) is 0 Å². The van der Waals surface area contributed by atoms with E-state index in [2.05, 4.69) is 24.1 Å². The van der Waals surface area contributed by atoms with Crippen molar-refractivity contribution in [1.82, 2.24) is 5.32 Å². The van der Waals surface area contributed by atoms with Gasteiger partial charge in [0.2, 0.25) is 5.91 Å². The first-order chi connectivity index (χ1) is 6.68. The van der Waals surface area contributed by atoms with Gasteiger partial charge in [-0.25, -0.2) is 0 Å². The molecule has 0 aliphatic heterocycles.